The predicted molar refractivity (Wildman–Crippen MR) is 71.3 cm³/mol. The van der Waals surface area contributed by atoms with Crippen molar-refractivity contribution in [3.8, 4) is 5.75 Å². The highest BCUT2D eigenvalue weighted by Crippen LogP contribution is 2.27. The fraction of sp³-hybridized carbons (Fsp3) is 0.429. The van der Waals surface area contributed by atoms with E-state index in [1.807, 2.05) is 12.1 Å². The molecule has 2 N–H and O–H groups in total. The number of benzene rings is 1. The van der Waals surface area contributed by atoms with Gasteiger partial charge < -0.3 is 15.0 Å². The van der Waals surface area contributed by atoms with E-state index in [1.54, 1.807) is 6.07 Å². The van der Waals surface area contributed by atoms with Crippen LogP contribution in [-0.4, -0.2) is 15.7 Å². The first-order chi connectivity index (χ1) is 8.13. The fourth-order valence-electron chi connectivity index (χ4n) is 2.18. The number of hydrogen-bond donors (Lipinski definition) is 2. The molecule has 0 atom stereocenters. The van der Waals surface area contributed by atoms with Gasteiger partial charge in [0.05, 0.1) is 5.52 Å². The number of phenols is 1. The maximum Gasteiger partial charge on any atom is 0.139 e. The average Bonchev–Trinajstić information content (AvgIpc) is 2.65. The molecule has 3 nitrogen and oxygen atoms in total. The van der Waals surface area contributed by atoms with Crippen LogP contribution in [0.1, 0.15) is 26.5 Å². The Morgan fingerprint density at radius 2 is 2.12 bits per heavy atom. The molecule has 1 aromatic heterocycles. The van der Waals surface area contributed by atoms with Crippen LogP contribution in [0.2, 0.25) is 0 Å². The van der Waals surface area contributed by atoms with E-state index in [0.29, 0.717) is 11.8 Å². The highest BCUT2D eigenvalue weighted by molar-refractivity contribution is 5.86. The largest absolute Gasteiger partial charge is 0.506 e. The third-order valence-corrected chi connectivity index (χ3v) is 2.99. The molecule has 0 spiro atoms. The lowest BCUT2D eigenvalue weighted by Crippen LogP contribution is -2.23. The van der Waals surface area contributed by atoms with Gasteiger partial charge in [-0.3, -0.25) is 0 Å². The van der Waals surface area contributed by atoms with Crippen LogP contribution in [0, 0.1) is 0 Å². The van der Waals surface area contributed by atoms with Crippen LogP contribution >= 0.6 is 0 Å². The summed E-state index contributed by atoms with van der Waals surface area (Å²) >= 11 is 0. The summed E-state index contributed by atoms with van der Waals surface area (Å²) in [5.74, 6) is 0.361. The van der Waals surface area contributed by atoms with Crippen molar-refractivity contribution in [2.45, 2.75) is 39.9 Å². The van der Waals surface area contributed by atoms with Gasteiger partial charge in [-0.2, -0.15) is 0 Å². The summed E-state index contributed by atoms with van der Waals surface area (Å²) in [4.78, 5) is 0. The normalized spacial score (nSPS) is 11.5. The van der Waals surface area contributed by atoms with E-state index in [9.17, 15) is 5.11 Å². The minimum atomic E-state index is 0.361. The highest BCUT2D eigenvalue weighted by atomic mass is 16.3. The smallest absolute Gasteiger partial charge is 0.139 e. The Labute approximate surface area is 102 Å². The van der Waals surface area contributed by atoms with Crippen LogP contribution in [0.4, 0.5) is 0 Å². The molecule has 2 aromatic rings. The van der Waals surface area contributed by atoms with Gasteiger partial charge >= 0.3 is 0 Å². The zero-order valence-corrected chi connectivity index (χ0v) is 10.7. The Bertz CT molecular complexity index is 514. The second-order valence-corrected chi connectivity index (χ2v) is 4.63. The topological polar surface area (TPSA) is 37.2 Å². The third kappa shape index (κ3) is 2.29. The molecule has 92 valence electrons. The molecule has 1 heterocycles. The minimum absolute atomic E-state index is 0.361. The lowest BCUT2D eigenvalue weighted by molar-refractivity contribution is 0.477. The van der Waals surface area contributed by atoms with Crippen molar-refractivity contribution in [2.24, 2.45) is 0 Å². The van der Waals surface area contributed by atoms with Crippen LogP contribution in [0.3, 0.4) is 0 Å². The lowest BCUT2D eigenvalue weighted by atomic mass is 10.2. The molecular formula is C14H20N2O. The van der Waals surface area contributed by atoms with Crippen molar-refractivity contribution in [3.05, 3.63) is 30.0 Å². The molecule has 0 amide bonds. The van der Waals surface area contributed by atoms with Gasteiger partial charge in [-0.25, -0.2) is 0 Å². The standard InChI is InChI=1S/C14H20N2O/c1-4-16-12(9-15-10(2)3)8-11-6-5-7-13(17)14(11)16/h5-8,10,15,17H,4,9H2,1-3H3. The van der Waals surface area contributed by atoms with Gasteiger partial charge in [-0.15, -0.1) is 0 Å². The minimum Gasteiger partial charge on any atom is -0.506 e. The first-order valence-corrected chi connectivity index (χ1v) is 6.17. The van der Waals surface area contributed by atoms with Crippen LogP contribution in [0.25, 0.3) is 10.9 Å². The maximum absolute atomic E-state index is 9.93. The molecule has 0 aliphatic heterocycles. The number of aromatic hydroxyl groups is 1. The Morgan fingerprint density at radius 1 is 1.35 bits per heavy atom. The monoisotopic (exact) mass is 232 g/mol. The van der Waals surface area contributed by atoms with Gasteiger partial charge in [0.15, 0.2) is 0 Å². The number of rotatable bonds is 4. The van der Waals surface area contributed by atoms with Crippen LogP contribution in [0.5, 0.6) is 5.75 Å². The maximum atomic E-state index is 9.93. The van der Waals surface area contributed by atoms with E-state index in [0.717, 1.165) is 24.0 Å². The molecule has 17 heavy (non-hydrogen) atoms. The van der Waals surface area contributed by atoms with Gasteiger partial charge in [-0.1, -0.05) is 26.0 Å². The summed E-state index contributed by atoms with van der Waals surface area (Å²) in [6.07, 6.45) is 0. The van der Waals surface area contributed by atoms with E-state index >= 15 is 0 Å². The summed E-state index contributed by atoms with van der Waals surface area (Å²) in [5, 5.41) is 14.5. The van der Waals surface area contributed by atoms with E-state index in [4.69, 9.17) is 0 Å². The Hall–Kier alpha value is -1.48. The fourth-order valence-corrected chi connectivity index (χ4v) is 2.18. The molecule has 0 fully saturated rings. The number of para-hydroxylation sites is 1. The van der Waals surface area contributed by atoms with E-state index in [2.05, 4.69) is 36.7 Å². The average molecular weight is 232 g/mol. The van der Waals surface area contributed by atoms with Crippen molar-refractivity contribution in [3.63, 3.8) is 0 Å². The SMILES string of the molecule is CCn1c(CNC(C)C)cc2cccc(O)c21. The Balaban J connectivity index is 2.45. The number of fused-ring (bicyclic) bond motifs is 1. The van der Waals surface area contributed by atoms with Crippen molar-refractivity contribution in [1.82, 2.24) is 9.88 Å². The number of nitrogens with zero attached hydrogens (tertiary/aromatic N) is 1. The summed E-state index contributed by atoms with van der Waals surface area (Å²) < 4.78 is 2.17. The second kappa shape index (κ2) is 4.80. The van der Waals surface area contributed by atoms with Crippen molar-refractivity contribution in [2.75, 3.05) is 0 Å². The van der Waals surface area contributed by atoms with Crippen LogP contribution in [0.15, 0.2) is 24.3 Å². The number of phenolic OH excluding ortho intramolecular Hbond substituents is 1. The van der Waals surface area contributed by atoms with Gasteiger partial charge in [0, 0.05) is 30.2 Å². The molecule has 0 unspecified atom stereocenters. The van der Waals surface area contributed by atoms with E-state index in [-0.39, 0.29) is 0 Å². The van der Waals surface area contributed by atoms with Gasteiger partial charge in [0.25, 0.3) is 0 Å². The first-order valence-electron chi connectivity index (χ1n) is 6.17. The number of aromatic nitrogens is 1. The summed E-state index contributed by atoms with van der Waals surface area (Å²) in [6.45, 7) is 8.08. The molecule has 1 aromatic carbocycles. The molecule has 0 bridgehead atoms. The highest BCUT2D eigenvalue weighted by Gasteiger charge is 2.10. The molecule has 0 radical (unpaired) electrons. The Morgan fingerprint density at radius 3 is 2.76 bits per heavy atom. The van der Waals surface area contributed by atoms with Gasteiger partial charge in [-0.05, 0) is 19.1 Å². The molecule has 2 rings (SSSR count). The van der Waals surface area contributed by atoms with Gasteiger partial charge in [0.2, 0.25) is 0 Å². The first kappa shape index (κ1) is 12.0. The lowest BCUT2D eigenvalue weighted by Gasteiger charge is -2.11. The summed E-state index contributed by atoms with van der Waals surface area (Å²) in [5.41, 5.74) is 2.16. The molecule has 3 heteroatoms. The second-order valence-electron chi connectivity index (χ2n) is 4.63. The van der Waals surface area contributed by atoms with E-state index in [1.165, 1.54) is 5.69 Å². The zero-order chi connectivity index (χ0) is 12.4. The predicted octanol–water partition coefficient (Wildman–Crippen LogP) is 2.86. The van der Waals surface area contributed by atoms with Crippen LogP contribution in [-0.2, 0) is 13.1 Å². The molecule has 0 saturated carbocycles. The number of aryl methyl sites for hydroxylation is 1. The van der Waals surface area contributed by atoms with Crippen LogP contribution < -0.4 is 5.32 Å². The Kier molecular flexibility index (Phi) is 3.38. The van der Waals surface area contributed by atoms with Crippen molar-refractivity contribution in [1.29, 1.82) is 0 Å². The third-order valence-electron chi connectivity index (χ3n) is 2.99. The summed E-state index contributed by atoms with van der Waals surface area (Å²) in [7, 11) is 0. The van der Waals surface area contributed by atoms with E-state index < -0.39 is 0 Å². The zero-order valence-electron chi connectivity index (χ0n) is 10.7. The summed E-state index contributed by atoms with van der Waals surface area (Å²) in [6, 6.07) is 8.28. The number of nitrogens with one attached hydrogen (secondary N) is 1. The van der Waals surface area contributed by atoms with Crippen molar-refractivity contribution >= 4 is 10.9 Å². The molecule has 0 aliphatic carbocycles. The number of hydrogen-bond acceptors (Lipinski definition) is 2. The molecular weight excluding hydrogens is 212 g/mol. The van der Waals surface area contributed by atoms with Crippen molar-refractivity contribution < 1.29 is 5.11 Å². The quantitative estimate of drug-likeness (QED) is 0.850. The van der Waals surface area contributed by atoms with Gasteiger partial charge in [0.1, 0.15) is 5.75 Å². The molecule has 0 aliphatic rings. The molecule has 0 saturated heterocycles.